The molecule has 1 aliphatic heterocycles. The fourth-order valence-electron chi connectivity index (χ4n) is 5.41. The lowest BCUT2D eigenvalue weighted by atomic mass is 9.66. The summed E-state index contributed by atoms with van der Waals surface area (Å²) in [5, 5.41) is 2.61. The second-order valence-electron chi connectivity index (χ2n) is 10.2. The molecule has 194 valence electrons. The summed E-state index contributed by atoms with van der Waals surface area (Å²) in [6.07, 6.45) is -1.94. The van der Waals surface area contributed by atoms with Gasteiger partial charge in [-0.1, -0.05) is 6.07 Å². The summed E-state index contributed by atoms with van der Waals surface area (Å²) >= 11 is 0. The quantitative estimate of drug-likeness (QED) is 0.610. The lowest BCUT2D eigenvalue weighted by molar-refractivity contribution is -0.159. The van der Waals surface area contributed by atoms with E-state index in [-0.39, 0.29) is 35.4 Å². The van der Waals surface area contributed by atoms with Crippen molar-refractivity contribution in [1.29, 1.82) is 0 Å². The first-order valence-electron chi connectivity index (χ1n) is 11.8. The molecular weight excluding hydrogens is 463 g/mol. The van der Waals surface area contributed by atoms with E-state index in [2.05, 4.69) is 10.2 Å². The van der Waals surface area contributed by atoms with Gasteiger partial charge in [0.2, 0.25) is 5.91 Å². The van der Waals surface area contributed by atoms with Gasteiger partial charge in [-0.25, -0.2) is 0 Å². The van der Waals surface area contributed by atoms with Crippen molar-refractivity contribution >= 4 is 17.8 Å². The summed E-state index contributed by atoms with van der Waals surface area (Å²) in [4.78, 5) is 42.5. The Morgan fingerprint density at radius 3 is 2.43 bits per heavy atom. The van der Waals surface area contributed by atoms with Crippen molar-refractivity contribution in [3.8, 4) is 0 Å². The van der Waals surface area contributed by atoms with E-state index in [0.717, 1.165) is 18.6 Å². The Hall–Kier alpha value is -2.62. The van der Waals surface area contributed by atoms with Gasteiger partial charge in [0.1, 0.15) is 6.04 Å². The van der Waals surface area contributed by atoms with Crippen LogP contribution in [0.3, 0.4) is 0 Å². The maximum absolute atomic E-state index is 13.3. The Bertz CT molecular complexity index is 964. The molecule has 1 heterocycles. The average molecular weight is 498 g/mol. The molecule has 1 N–H and O–H groups in total. The highest BCUT2D eigenvalue weighted by atomic mass is 19.4. The van der Waals surface area contributed by atoms with Crippen molar-refractivity contribution < 1.29 is 32.3 Å². The smallest absolute Gasteiger partial charge is 0.416 e. The number of amides is 2. The van der Waals surface area contributed by atoms with Gasteiger partial charge in [0.05, 0.1) is 18.1 Å². The van der Waals surface area contributed by atoms with Gasteiger partial charge in [-0.15, -0.1) is 0 Å². The third-order valence-electron chi connectivity index (χ3n) is 7.55. The summed E-state index contributed by atoms with van der Waals surface area (Å²) in [5.41, 5.74) is -1.90. The lowest BCUT2D eigenvalue weighted by Gasteiger charge is -2.48. The fourth-order valence-corrected chi connectivity index (χ4v) is 5.41. The zero-order valence-electron chi connectivity index (χ0n) is 20.8. The molecule has 1 unspecified atom stereocenters. The van der Waals surface area contributed by atoms with Gasteiger partial charge in [-0.3, -0.25) is 14.4 Å². The number of esters is 1. The molecule has 4 atom stereocenters. The number of carbonyl (C=O) groups excluding carboxylic acids is 3. The van der Waals surface area contributed by atoms with Crippen LogP contribution in [0.25, 0.3) is 0 Å². The minimum Gasteiger partial charge on any atom is -0.469 e. The monoisotopic (exact) mass is 497 g/mol. The van der Waals surface area contributed by atoms with Gasteiger partial charge >= 0.3 is 12.1 Å². The van der Waals surface area contributed by atoms with Crippen LogP contribution in [-0.4, -0.2) is 73.5 Å². The third kappa shape index (κ3) is 5.63. The number of ether oxygens (including phenoxy) is 1. The summed E-state index contributed by atoms with van der Waals surface area (Å²) < 4.78 is 44.1. The molecule has 1 aromatic rings. The number of likely N-dealkylation sites (tertiary alicyclic amines) is 1. The van der Waals surface area contributed by atoms with Gasteiger partial charge in [0.15, 0.2) is 0 Å². The standard InChI is InChI=1S/C25H34F3N3O4/c1-24(2,23(34)35-5)18-14-17(30(3)4)9-10-20(18)31-12-11-19(22(31)33)29-21(32)15-7-6-8-16(13-15)25(26,27)28/h6-8,13,17-20H,9-12,14H2,1-5H3,(H,29,32)/t17-,18+,19?,20+/m1/s1. The first kappa shape index (κ1) is 27.0. The highest BCUT2D eigenvalue weighted by Gasteiger charge is 2.50. The van der Waals surface area contributed by atoms with Crippen LogP contribution < -0.4 is 5.32 Å². The Morgan fingerprint density at radius 2 is 1.83 bits per heavy atom. The Balaban J connectivity index is 1.77. The van der Waals surface area contributed by atoms with Crippen molar-refractivity contribution in [2.75, 3.05) is 27.7 Å². The number of methoxy groups -OCH3 is 1. The molecule has 0 radical (unpaired) electrons. The van der Waals surface area contributed by atoms with Crippen molar-refractivity contribution in [3.63, 3.8) is 0 Å². The van der Waals surface area contributed by atoms with Crippen LogP contribution in [-0.2, 0) is 20.5 Å². The van der Waals surface area contributed by atoms with Gasteiger partial charge in [-0.05, 0) is 77.7 Å². The van der Waals surface area contributed by atoms with Crippen LogP contribution in [0.4, 0.5) is 13.2 Å². The first-order valence-corrected chi connectivity index (χ1v) is 11.8. The van der Waals surface area contributed by atoms with Crippen molar-refractivity contribution in [2.24, 2.45) is 11.3 Å². The minimum absolute atomic E-state index is 0.151. The number of carbonyl (C=O) groups is 3. The first-order chi connectivity index (χ1) is 16.3. The summed E-state index contributed by atoms with van der Waals surface area (Å²) in [6, 6.07) is 3.36. The van der Waals surface area contributed by atoms with Crippen molar-refractivity contribution in [3.05, 3.63) is 35.4 Å². The number of rotatable bonds is 6. The fraction of sp³-hybridized carbons (Fsp3) is 0.640. The predicted octanol–water partition coefficient (Wildman–Crippen LogP) is 3.33. The molecular formula is C25H34F3N3O4. The predicted molar refractivity (Wildman–Crippen MR) is 123 cm³/mol. The molecule has 0 aromatic heterocycles. The highest BCUT2D eigenvalue weighted by molar-refractivity contribution is 5.98. The second kappa shape index (κ2) is 10.2. The molecule has 1 saturated carbocycles. The van der Waals surface area contributed by atoms with E-state index in [0.29, 0.717) is 25.8 Å². The number of halogens is 3. The molecule has 3 rings (SSSR count). The van der Waals surface area contributed by atoms with Crippen LogP contribution in [0.2, 0.25) is 0 Å². The van der Waals surface area contributed by atoms with E-state index in [1.807, 2.05) is 27.9 Å². The van der Waals surface area contributed by atoms with E-state index in [9.17, 15) is 27.6 Å². The number of hydrogen-bond donors (Lipinski definition) is 1. The number of hydrogen-bond acceptors (Lipinski definition) is 5. The summed E-state index contributed by atoms with van der Waals surface area (Å²) in [7, 11) is 5.34. The third-order valence-corrected chi connectivity index (χ3v) is 7.55. The minimum atomic E-state index is -4.57. The van der Waals surface area contributed by atoms with E-state index in [1.165, 1.54) is 19.2 Å². The van der Waals surface area contributed by atoms with Crippen molar-refractivity contribution in [2.45, 2.75) is 63.8 Å². The maximum atomic E-state index is 13.3. The second-order valence-corrected chi connectivity index (χ2v) is 10.2. The lowest BCUT2D eigenvalue weighted by Crippen LogP contribution is -2.55. The topological polar surface area (TPSA) is 79.0 Å². The Labute approximate surface area is 204 Å². The van der Waals surface area contributed by atoms with Gasteiger partial charge in [-0.2, -0.15) is 13.2 Å². The molecule has 2 fully saturated rings. The zero-order valence-corrected chi connectivity index (χ0v) is 20.8. The molecule has 7 nitrogen and oxygen atoms in total. The molecule has 0 spiro atoms. The van der Waals surface area contributed by atoms with Crippen LogP contribution in [0, 0.1) is 11.3 Å². The molecule has 1 aliphatic carbocycles. The number of alkyl halides is 3. The molecule has 1 saturated heterocycles. The van der Waals surface area contributed by atoms with E-state index in [4.69, 9.17) is 4.74 Å². The molecule has 1 aromatic carbocycles. The molecule has 35 heavy (non-hydrogen) atoms. The van der Waals surface area contributed by atoms with E-state index >= 15 is 0 Å². The van der Waals surface area contributed by atoms with Crippen molar-refractivity contribution in [1.82, 2.24) is 15.1 Å². The number of nitrogens with one attached hydrogen (secondary N) is 1. The van der Waals surface area contributed by atoms with Gasteiger partial charge in [0.25, 0.3) is 5.91 Å². The molecule has 2 amide bonds. The number of nitrogens with zero attached hydrogens (tertiary/aromatic N) is 2. The summed E-state index contributed by atoms with van der Waals surface area (Å²) in [5.74, 6) is -1.49. The highest BCUT2D eigenvalue weighted by Crippen LogP contribution is 2.43. The Kier molecular flexibility index (Phi) is 7.83. The summed E-state index contributed by atoms with van der Waals surface area (Å²) in [6.45, 7) is 4.07. The van der Waals surface area contributed by atoms with Gasteiger partial charge < -0.3 is 19.9 Å². The molecule has 10 heteroatoms. The van der Waals surface area contributed by atoms with E-state index < -0.39 is 29.1 Å². The largest absolute Gasteiger partial charge is 0.469 e. The maximum Gasteiger partial charge on any atom is 0.416 e. The van der Waals surface area contributed by atoms with E-state index in [1.54, 1.807) is 4.90 Å². The van der Waals surface area contributed by atoms with Crippen LogP contribution in [0.15, 0.2) is 24.3 Å². The molecule has 0 bridgehead atoms. The number of benzene rings is 1. The van der Waals surface area contributed by atoms with Crippen LogP contribution in [0.1, 0.15) is 55.5 Å². The normalized spacial score (nSPS) is 25.6. The SMILES string of the molecule is COC(=O)C(C)(C)[C@H]1C[C@H](N(C)C)CC[C@@H]1N1CCC(NC(=O)c2cccc(C(F)(F)F)c2)C1=O. The molecule has 2 aliphatic rings. The van der Waals surface area contributed by atoms with Crippen LogP contribution in [0.5, 0.6) is 0 Å². The van der Waals surface area contributed by atoms with Crippen LogP contribution >= 0.6 is 0 Å². The van der Waals surface area contributed by atoms with Gasteiger partial charge in [0, 0.05) is 24.2 Å². The zero-order chi connectivity index (χ0) is 26.1. The average Bonchev–Trinajstić information content (AvgIpc) is 3.17. The Morgan fingerprint density at radius 1 is 1.14 bits per heavy atom.